The lowest BCUT2D eigenvalue weighted by atomic mass is 10.1. The Labute approximate surface area is 178 Å². The zero-order valence-corrected chi connectivity index (χ0v) is 18.5. The lowest BCUT2D eigenvalue weighted by molar-refractivity contribution is -0.130. The number of hydrogen-bond donors (Lipinski definition) is 0. The molecule has 0 atom stereocenters. The minimum Gasteiger partial charge on any atom is -0.341 e. The molecule has 0 aliphatic carbocycles. The Morgan fingerprint density at radius 2 is 2.00 bits per heavy atom. The van der Waals surface area contributed by atoms with Crippen LogP contribution in [0, 0.1) is 13.8 Å². The van der Waals surface area contributed by atoms with Gasteiger partial charge in [-0.1, -0.05) is 41.0 Å². The summed E-state index contributed by atoms with van der Waals surface area (Å²) in [6.07, 6.45) is 2.90. The highest BCUT2D eigenvalue weighted by molar-refractivity contribution is 7.98. The molecule has 2 heterocycles. The molecule has 2 aromatic heterocycles. The molecule has 28 heavy (non-hydrogen) atoms. The third kappa shape index (κ3) is 4.42. The second-order valence-electron chi connectivity index (χ2n) is 6.56. The van der Waals surface area contributed by atoms with Crippen molar-refractivity contribution in [3.63, 3.8) is 0 Å². The van der Waals surface area contributed by atoms with Crippen molar-refractivity contribution in [2.75, 3.05) is 13.3 Å². The third-order valence-corrected chi connectivity index (χ3v) is 5.77. The summed E-state index contributed by atoms with van der Waals surface area (Å²) in [6.45, 7) is 4.36. The van der Waals surface area contributed by atoms with E-state index >= 15 is 0 Å². The average Bonchev–Trinajstić information content (AvgIpc) is 3.06. The quantitative estimate of drug-likeness (QED) is 0.535. The number of thioether (sulfide) groups is 1. The van der Waals surface area contributed by atoms with E-state index in [4.69, 9.17) is 23.2 Å². The van der Waals surface area contributed by atoms with E-state index in [2.05, 4.69) is 15.1 Å². The molecule has 0 spiro atoms. The first-order valence-corrected chi connectivity index (χ1v) is 10.7. The van der Waals surface area contributed by atoms with Crippen molar-refractivity contribution in [1.82, 2.24) is 24.5 Å². The highest BCUT2D eigenvalue weighted by Crippen LogP contribution is 2.23. The zero-order chi connectivity index (χ0) is 20.4. The Kier molecular flexibility index (Phi) is 6.47. The first-order valence-electron chi connectivity index (χ1n) is 8.75. The van der Waals surface area contributed by atoms with E-state index in [0.717, 1.165) is 22.5 Å². The van der Waals surface area contributed by atoms with E-state index in [1.807, 2.05) is 26.2 Å². The average molecular weight is 438 g/mol. The number of carbonyl (C=O) groups is 1. The van der Waals surface area contributed by atoms with Crippen LogP contribution in [-0.4, -0.2) is 43.7 Å². The van der Waals surface area contributed by atoms with Gasteiger partial charge < -0.3 is 4.90 Å². The Morgan fingerprint density at radius 3 is 2.68 bits per heavy atom. The van der Waals surface area contributed by atoms with Gasteiger partial charge in [0.05, 0.1) is 0 Å². The maximum atomic E-state index is 12.6. The molecular weight excluding hydrogens is 417 g/mol. The number of fused-ring (bicyclic) bond motifs is 1. The first-order chi connectivity index (χ1) is 13.3. The molecule has 0 radical (unpaired) electrons. The predicted octanol–water partition coefficient (Wildman–Crippen LogP) is 4.36. The number of aryl methyl sites for hydroxylation is 2. The fourth-order valence-electron chi connectivity index (χ4n) is 3.05. The van der Waals surface area contributed by atoms with Gasteiger partial charge in [0.1, 0.15) is 0 Å². The summed E-state index contributed by atoms with van der Waals surface area (Å²) < 4.78 is 1.75. The van der Waals surface area contributed by atoms with Gasteiger partial charge in [-0.3, -0.25) is 4.79 Å². The lowest BCUT2D eigenvalue weighted by Gasteiger charge is -2.19. The topological polar surface area (TPSA) is 63.4 Å². The molecule has 0 saturated carbocycles. The maximum absolute atomic E-state index is 12.6. The van der Waals surface area contributed by atoms with Crippen molar-refractivity contribution in [3.05, 3.63) is 50.8 Å². The molecule has 0 aliphatic rings. The fraction of sp³-hybridized carbons (Fsp3) is 0.368. The van der Waals surface area contributed by atoms with Crippen molar-refractivity contribution >= 4 is 46.6 Å². The van der Waals surface area contributed by atoms with Crippen LogP contribution in [-0.2, 0) is 17.8 Å². The molecule has 9 heteroatoms. The largest absolute Gasteiger partial charge is 0.341 e. The van der Waals surface area contributed by atoms with Gasteiger partial charge in [0.2, 0.25) is 11.1 Å². The van der Waals surface area contributed by atoms with Crippen LogP contribution >= 0.6 is 35.0 Å². The number of halogens is 2. The molecule has 0 aliphatic heterocycles. The molecule has 148 valence electrons. The summed E-state index contributed by atoms with van der Waals surface area (Å²) in [7, 11) is 1.77. The van der Waals surface area contributed by atoms with Crippen molar-refractivity contribution in [1.29, 1.82) is 0 Å². The van der Waals surface area contributed by atoms with Crippen molar-refractivity contribution in [2.24, 2.45) is 0 Å². The van der Waals surface area contributed by atoms with Crippen LogP contribution in [0.3, 0.4) is 0 Å². The molecule has 0 unspecified atom stereocenters. The Bertz CT molecular complexity index is 1040. The Balaban J connectivity index is 1.71. The summed E-state index contributed by atoms with van der Waals surface area (Å²) in [5, 5.41) is 6.27. The van der Waals surface area contributed by atoms with E-state index in [9.17, 15) is 4.79 Å². The van der Waals surface area contributed by atoms with Gasteiger partial charge in [-0.15, -0.1) is 5.10 Å². The number of aromatic nitrogens is 4. The number of amides is 1. The SMILES string of the molecule is CSc1nc2nc(C)c(CCC(=O)N(C)Cc3ccc(Cl)cc3Cl)c(C)n2n1. The van der Waals surface area contributed by atoms with Gasteiger partial charge in [-0.2, -0.15) is 4.98 Å². The second kappa shape index (κ2) is 8.68. The minimum absolute atomic E-state index is 0.0355. The summed E-state index contributed by atoms with van der Waals surface area (Å²) in [4.78, 5) is 23.2. The maximum Gasteiger partial charge on any atom is 0.253 e. The number of benzene rings is 1. The van der Waals surface area contributed by atoms with Gasteiger partial charge >= 0.3 is 0 Å². The van der Waals surface area contributed by atoms with Gasteiger partial charge in [-0.25, -0.2) is 9.50 Å². The molecule has 3 rings (SSSR count). The highest BCUT2D eigenvalue weighted by atomic mass is 35.5. The number of hydrogen-bond acceptors (Lipinski definition) is 5. The van der Waals surface area contributed by atoms with Crippen LogP contribution in [0.5, 0.6) is 0 Å². The minimum atomic E-state index is 0.0355. The molecule has 3 aromatic rings. The summed E-state index contributed by atoms with van der Waals surface area (Å²) in [5.41, 5.74) is 3.73. The number of carbonyl (C=O) groups excluding carboxylic acids is 1. The van der Waals surface area contributed by atoms with Crippen molar-refractivity contribution in [2.45, 2.75) is 38.4 Å². The van der Waals surface area contributed by atoms with Crippen molar-refractivity contribution in [3.8, 4) is 0 Å². The molecule has 0 fully saturated rings. The van der Waals surface area contributed by atoms with Gasteiger partial charge in [0.15, 0.2) is 0 Å². The molecule has 0 N–H and O–H groups in total. The van der Waals surface area contributed by atoms with Crippen LogP contribution in [0.25, 0.3) is 5.78 Å². The summed E-state index contributed by atoms with van der Waals surface area (Å²) in [5.74, 6) is 0.622. The van der Waals surface area contributed by atoms with Crippen LogP contribution in [0.2, 0.25) is 10.0 Å². The molecular formula is C19H21Cl2N5OS. The molecule has 0 bridgehead atoms. The second-order valence-corrected chi connectivity index (χ2v) is 8.17. The molecule has 1 aromatic carbocycles. The van der Waals surface area contributed by atoms with Crippen LogP contribution in [0.4, 0.5) is 0 Å². The van der Waals surface area contributed by atoms with Gasteiger partial charge in [-0.05, 0) is 49.8 Å². The van der Waals surface area contributed by atoms with E-state index in [-0.39, 0.29) is 5.91 Å². The first kappa shape index (κ1) is 20.9. The Morgan fingerprint density at radius 1 is 1.25 bits per heavy atom. The van der Waals surface area contributed by atoms with E-state index in [1.54, 1.807) is 28.6 Å². The van der Waals surface area contributed by atoms with E-state index in [0.29, 0.717) is 40.4 Å². The summed E-state index contributed by atoms with van der Waals surface area (Å²) in [6, 6.07) is 5.30. The predicted molar refractivity (Wildman–Crippen MR) is 113 cm³/mol. The van der Waals surface area contributed by atoms with E-state index < -0.39 is 0 Å². The lowest BCUT2D eigenvalue weighted by Crippen LogP contribution is -2.26. The fourth-order valence-corrected chi connectivity index (χ4v) is 3.86. The number of rotatable bonds is 6. The monoisotopic (exact) mass is 437 g/mol. The molecule has 6 nitrogen and oxygen atoms in total. The van der Waals surface area contributed by atoms with Crippen LogP contribution in [0.1, 0.15) is 28.9 Å². The number of nitrogens with zero attached hydrogens (tertiary/aromatic N) is 5. The van der Waals surface area contributed by atoms with Gasteiger partial charge in [0, 0.05) is 41.4 Å². The molecule has 1 amide bonds. The Hall–Kier alpha value is -1.83. The zero-order valence-electron chi connectivity index (χ0n) is 16.2. The van der Waals surface area contributed by atoms with Gasteiger partial charge in [0.25, 0.3) is 5.78 Å². The normalized spacial score (nSPS) is 11.2. The van der Waals surface area contributed by atoms with Crippen LogP contribution < -0.4 is 0 Å². The third-order valence-electron chi connectivity index (χ3n) is 4.65. The standard InChI is InChI=1S/C19H21Cl2N5OS/c1-11-15(12(2)26-18(22-11)23-19(24-26)28-4)7-8-17(27)25(3)10-13-5-6-14(20)9-16(13)21/h5-6,9H,7-8,10H2,1-4H3. The summed E-state index contributed by atoms with van der Waals surface area (Å²) >= 11 is 13.6. The van der Waals surface area contributed by atoms with Crippen LogP contribution in [0.15, 0.2) is 23.4 Å². The van der Waals surface area contributed by atoms with Crippen molar-refractivity contribution < 1.29 is 4.79 Å². The molecule has 0 saturated heterocycles. The van der Waals surface area contributed by atoms with E-state index in [1.165, 1.54) is 11.8 Å². The smallest absolute Gasteiger partial charge is 0.253 e. The highest BCUT2D eigenvalue weighted by Gasteiger charge is 2.16.